The lowest BCUT2D eigenvalue weighted by Gasteiger charge is -2.26. The molecular formula is C21H26O2. The summed E-state index contributed by atoms with van der Waals surface area (Å²) in [6, 6.07) is 12.8. The Balaban J connectivity index is 2.23. The number of allylic oxidation sites excluding steroid dienone is 2. The molecule has 23 heavy (non-hydrogen) atoms. The molecule has 0 fully saturated rings. The summed E-state index contributed by atoms with van der Waals surface area (Å²) in [7, 11) is 0. The first-order valence-corrected chi connectivity index (χ1v) is 8.09. The van der Waals surface area contributed by atoms with Gasteiger partial charge in [0, 0.05) is 13.0 Å². The van der Waals surface area contributed by atoms with Crippen LogP contribution in [0.1, 0.15) is 38.3 Å². The van der Waals surface area contributed by atoms with Crippen molar-refractivity contribution in [2.45, 2.75) is 39.7 Å². The Hall–Kier alpha value is -2.06. The molecule has 0 atom stereocenters. The van der Waals surface area contributed by atoms with Gasteiger partial charge < -0.3 is 9.84 Å². The van der Waals surface area contributed by atoms with E-state index in [-0.39, 0.29) is 12.2 Å². The SMILES string of the molecule is C/C=C(\C=C/c1cc2ccccc2cc1C)OC(C)(C)CCO. The quantitative estimate of drug-likeness (QED) is 0.584. The van der Waals surface area contributed by atoms with Gasteiger partial charge in [-0.05, 0) is 67.8 Å². The summed E-state index contributed by atoms with van der Waals surface area (Å²) in [5.41, 5.74) is 2.05. The maximum Gasteiger partial charge on any atom is 0.115 e. The van der Waals surface area contributed by atoms with Gasteiger partial charge in [-0.3, -0.25) is 0 Å². The van der Waals surface area contributed by atoms with E-state index in [1.807, 2.05) is 32.9 Å². The summed E-state index contributed by atoms with van der Waals surface area (Å²) in [5, 5.41) is 11.6. The van der Waals surface area contributed by atoms with Crippen LogP contribution in [0.25, 0.3) is 16.8 Å². The molecule has 0 saturated heterocycles. The second-order valence-electron chi connectivity index (χ2n) is 6.42. The standard InChI is InChI=1S/C21H26O2/c1-5-20(23-21(3,4)12-13-22)11-10-17-15-19-9-7-6-8-18(19)14-16(17)2/h5-11,14-15,22H,12-13H2,1-4H3/b11-10-,20-5+. The van der Waals surface area contributed by atoms with Crippen molar-refractivity contribution >= 4 is 16.8 Å². The van der Waals surface area contributed by atoms with Crippen molar-refractivity contribution < 1.29 is 9.84 Å². The Bertz CT molecular complexity index is 724. The van der Waals surface area contributed by atoms with Gasteiger partial charge in [-0.25, -0.2) is 0 Å². The largest absolute Gasteiger partial charge is 0.488 e. The van der Waals surface area contributed by atoms with Crippen LogP contribution < -0.4 is 0 Å². The summed E-state index contributed by atoms with van der Waals surface area (Å²) in [6.45, 7) is 8.18. The van der Waals surface area contributed by atoms with Crippen molar-refractivity contribution in [1.29, 1.82) is 0 Å². The van der Waals surface area contributed by atoms with Crippen LogP contribution in [0.3, 0.4) is 0 Å². The zero-order valence-corrected chi connectivity index (χ0v) is 14.5. The Morgan fingerprint density at radius 1 is 1.17 bits per heavy atom. The van der Waals surface area contributed by atoms with Gasteiger partial charge >= 0.3 is 0 Å². The van der Waals surface area contributed by atoms with E-state index in [9.17, 15) is 0 Å². The lowest BCUT2D eigenvalue weighted by atomic mass is 10.0. The molecule has 0 radical (unpaired) electrons. The third kappa shape index (κ3) is 4.70. The topological polar surface area (TPSA) is 29.5 Å². The maximum absolute atomic E-state index is 9.11. The van der Waals surface area contributed by atoms with E-state index in [1.54, 1.807) is 0 Å². The number of fused-ring (bicyclic) bond motifs is 1. The average Bonchev–Trinajstić information content (AvgIpc) is 2.51. The van der Waals surface area contributed by atoms with Crippen LogP contribution in [0.2, 0.25) is 0 Å². The smallest absolute Gasteiger partial charge is 0.115 e. The molecule has 0 bridgehead atoms. The summed E-state index contributed by atoms with van der Waals surface area (Å²) < 4.78 is 5.99. The third-order valence-electron chi connectivity index (χ3n) is 3.95. The molecule has 0 heterocycles. The van der Waals surface area contributed by atoms with Crippen LogP contribution in [0.4, 0.5) is 0 Å². The molecular weight excluding hydrogens is 284 g/mol. The lowest BCUT2D eigenvalue weighted by molar-refractivity contribution is 0.0199. The zero-order valence-electron chi connectivity index (χ0n) is 14.5. The van der Waals surface area contributed by atoms with E-state index >= 15 is 0 Å². The lowest BCUT2D eigenvalue weighted by Crippen LogP contribution is -2.25. The van der Waals surface area contributed by atoms with Crippen molar-refractivity contribution in [3.8, 4) is 0 Å². The highest BCUT2D eigenvalue weighted by Gasteiger charge is 2.18. The summed E-state index contributed by atoms with van der Waals surface area (Å²) in [5.74, 6) is 0.816. The Morgan fingerprint density at radius 3 is 2.43 bits per heavy atom. The molecule has 2 rings (SSSR count). The highest BCUT2D eigenvalue weighted by Crippen LogP contribution is 2.23. The van der Waals surface area contributed by atoms with Gasteiger partial charge in [-0.15, -0.1) is 0 Å². The summed E-state index contributed by atoms with van der Waals surface area (Å²) in [4.78, 5) is 0. The van der Waals surface area contributed by atoms with Crippen LogP contribution in [0.5, 0.6) is 0 Å². The highest BCUT2D eigenvalue weighted by molar-refractivity contribution is 5.86. The fourth-order valence-corrected chi connectivity index (χ4v) is 2.55. The first-order valence-electron chi connectivity index (χ1n) is 8.09. The number of aliphatic hydroxyl groups excluding tert-OH is 1. The van der Waals surface area contributed by atoms with Gasteiger partial charge in [-0.1, -0.05) is 36.4 Å². The number of hydrogen-bond acceptors (Lipinski definition) is 2. The second-order valence-corrected chi connectivity index (χ2v) is 6.42. The van der Waals surface area contributed by atoms with Crippen molar-refractivity contribution in [2.75, 3.05) is 6.61 Å². The van der Waals surface area contributed by atoms with Crippen LogP contribution in [0, 0.1) is 6.92 Å². The molecule has 0 amide bonds. The Morgan fingerprint density at radius 2 is 1.83 bits per heavy atom. The number of rotatable bonds is 6. The van der Waals surface area contributed by atoms with Crippen molar-refractivity contribution in [2.24, 2.45) is 0 Å². The molecule has 2 aromatic rings. The fourth-order valence-electron chi connectivity index (χ4n) is 2.55. The number of aryl methyl sites for hydroxylation is 1. The molecule has 2 aromatic carbocycles. The highest BCUT2D eigenvalue weighted by atomic mass is 16.5. The predicted molar refractivity (Wildman–Crippen MR) is 98.3 cm³/mol. The van der Waals surface area contributed by atoms with Gasteiger partial charge in [0.15, 0.2) is 0 Å². The summed E-state index contributed by atoms with van der Waals surface area (Å²) >= 11 is 0. The third-order valence-corrected chi connectivity index (χ3v) is 3.95. The molecule has 0 aliphatic carbocycles. The van der Waals surface area contributed by atoms with Crippen LogP contribution in [-0.2, 0) is 4.74 Å². The molecule has 1 N–H and O–H groups in total. The van der Waals surface area contributed by atoms with Crippen LogP contribution in [-0.4, -0.2) is 17.3 Å². The fraction of sp³-hybridized carbons (Fsp3) is 0.333. The number of hydrogen-bond donors (Lipinski definition) is 1. The molecule has 0 unspecified atom stereocenters. The molecule has 0 saturated carbocycles. The van der Waals surface area contributed by atoms with Crippen molar-refractivity contribution in [3.63, 3.8) is 0 Å². The molecule has 122 valence electrons. The molecule has 0 aliphatic heterocycles. The number of benzene rings is 2. The molecule has 0 spiro atoms. The zero-order chi connectivity index (χ0) is 16.9. The Labute approximate surface area is 139 Å². The molecule has 2 nitrogen and oxygen atoms in total. The predicted octanol–water partition coefficient (Wildman–Crippen LogP) is 5.24. The Kier molecular flexibility index (Phi) is 5.62. The summed E-state index contributed by atoms with van der Waals surface area (Å²) in [6.07, 6.45) is 6.64. The van der Waals surface area contributed by atoms with Gasteiger partial charge in [0.1, 0.15) is 11.4 Å². The van der Waals surface area contributed by atoms with Gasteiger partial charge in [0.2, 0.25) is 0 Å². The van der Waals surface area contributed by atoms with Crippen LogP contribution in [0.15, 0.2) is 54.3 Å². The first-order chi connectivity index (χ1) is 10.9. The number of aliphatic hydroxyl groups is 1. The van der Waals surface area contributed by atoms with E-state index in [4.69, 9.17) is 9.84 Å². The molecule has 2 heteroatoms. The minimum atomic E-state index is -0.376. The molecule has 0 aromatic heterocycles. The average molecular weight is 310 g/mol. The molecule has 0 aliphatic rings. The maximum atomic E-state index is 9.11. The van der Waals surface area contributed by atoms with Gasteiger partial charge in [0.05, 0.1) is 0 Å². The normalized spacial score (nSPS) is 13.0. The minimum absolute atomic E-state index is 0.123. The number of ether oxygens (including phenoxy) is 1. The van der Waals surface area contributed by atoms with Crippen molar-refractivity contribution in [1.82, 2.24) is 0 Å². The van der Waals surface area contributed by atoms with E-state index in [0.717, 1.165) is 5.76 Å². The van der Waals surface area contributed by atoms with Crippen molar-refractivity contribution in [3.05, 3.63) is 65.4 Å². The van der Waals surface area contributed by atoms with Gasteiger partial charge in [-0.2, -0.15) is 0 Å². The second kappa shape index (κ2) is 7.47. The van der Waals surface area contributed by atoms with E-state index in [0.29, 0.717) is 6.42 Å². The monoisotopic (exact) mass is 310 g/mol. The minimum Gasteiger partial charge on any atom is -0.488 e. The van der Waals surface area contributed by atoms with E-state index in [2.05, 4.69) is 49.4 Å². The first kappa shape index (κ1) is 17.3. The van der Waals surface area contributed by atoms with Gasteiger partial charge in [0.25, 0.3) is 0 Å². The van der Waals surface area contributed by atoms with Crippen LogP contribution >= 0.6 is 0 Å². The van der Waals surface area contributed by atoms with E-state index in [1.165, 1.54) is 21.9 Å². The van der Waals surface area contributed by atoms with E-state index < -0.39 is 0 Å².